The van der Waals surface area contributed by atoms with E-state index in [1.54, 1.807) is 29.1 Å². The Hall–Kier alpha value is -1.91. The lowest BCUT2D eigenvalue weighted by molar-refractivity contribution is -0.686. The summed E-state index contributed by atoms with van der Waals surface area (Å²) in [7, 11) is 0. The predicted octanol–water partition coefficient (Wildman–Crippen LogP) is 2.76. The highest BCUT2D eigenvalue weighted by atomic mass is 16.5. The van der Waals surface area contributed by atoms with Crippen LogP contribution in [0.15, 0.2) is 24.5 Å². The van der Waals surface area contributed by atoms with Crippen LogP contribution < -0.4 is 10.3 Å². The largest absolute Gasteiger partial charge is 0.461 e. The average molecular weight is 321 g/mol. The number of esters is 1. The molecule has 1 heterocycles. The van der Waals surface area contributed by atoms with Crippen LogP contribution in [-0.4, -0.2) is 18.5 Å². The van der Waals surface area contributed by atoms with Crippen LogP contribution in [0.1, 0.15) is 68.6 Å². The monoisotopic (exact) mass is 321 g/mol. The van der Waals surface area contributed by atoms with Crippen molar-refractivity contribution in [2.24, 2.45) is 5.73 Å². The molecule has 0 saturated heterocycles. The van der Waals surface area contributed by atoms with E-state index in [4.69, 9.17) is 10.5 Å². The topological polar surface area (TPSA) is 73.3 Å². The third-order valence-electron chi connectivity index (χ3n) is 3.75. The molecule has 0 fully saturated rings. The number of pyridine rings is 1. The Morgan fingerprint density at radius 1 is 1.00 bits per heavy atom. The second-order valence-electron chi connectivity index (χ2n) is 5.82. The molecule has 0 aromatic carbocycles. The predicted molar refractivity (Wildman–Crippen MR) is 88.7 cm³/mol. The number of amides is 1. The van der Waals surface area contributed by atoms with E-state index in [0.29, 0.717) is 12.2 Å². The molecular formula is C18H29N2O3+. The van der Waals surface area contributed by atoms with Crippen LogP contribution >= 0.6 is 0 Å². The van der Waals surface area contributed by atoms with Gasteiger partial charge in [0, 0.05) is 12.1 Å². The third kappa shape index (κ3) is 8.96. The molecule has 1 amide bonds. The Balaban J connectivity index is 2.07. The molecule has 0 saturated carbocycles. The first kappa shape index (κ1) is 19.1. The van der Waals surface area contributed by atoms with Crippen molar-refractivity contribution in [3.05, 3.63) is 30.1 Å². The van der Waals surface area contributed by atoms with Gasteiger partial charge in [0.15, 0.2) is 12.4 Å². The molecule has 23 heavy (non-hydrogen) atoms. The summed E-state index contributed by atoms with van der Waals surface area (Å²) in [5.41, 5.74) is 5.59. The molecule has 5 heteroatoms. The van der Waals surface area contributed by atoms with Gasteiger partial charge in [0.25, 0.3) is 0 Å². The van der Waals surface area contributed by atoms with Gasteiger partial charge < -0.3 is 10.5 Å². The molecule has 128 valence electrons. The number of rotatable bonds is 12. The summed E-state index contributed by atoms with van der Waals surface area (Å²) in [4.78, 5) is 22.7. The van der Waals surface area contributed by atoms with Crippen molar-refractivity contribution in [3.8, 4) is 0 Å². The number of hydrogen-bond donors (Lipinski definition) is 1. The zero-order valence-corrected chi connectivity index (χ0v) is 14.1. The molecule has 0 aliphatic heterocycles. The van der Waals surface area contributed by atoms with Gasteiger partial charge in [0.1, 0.15) is 0 Å². The van der Waals surface area contributed by atoms with Crippen LogP contribution in [0.5, 0.6) is 0 Å². The van der Waals surface area contributed by atoms with Crippen LogP contribution in [0, 0.1) is 0 Å². The molecule has 0 radical (unpaired) electrons. The molecule has 0 bridgehead atoms. The van der Waals surface area contributed by atoms with E-state index in [1.807, 2.05) is 0 Å². The molecule has 1 rings (SSSR count). The van der Waals surface area contributed by atoms with Gasteiger partial charge in [-0.25, -0.2) is 4.79 Å². The zero-order chi connectivity index (χ0) is 16.9. The Kier molecular flexibility index (Phi) is 9.68. The van der Waals surface area contributed by atoms with Crippen LogP contribution in [0.2, 0.25) is 0 Å². The zero-order valence-electron chi connectivity index (χ0n) is 14.1. The van der Waals surface area contributed by atoms with Crippen LogP contribution in [0.25, 0.3) is 0 Å². The highest BCUT2D eigenvalue weighted by Gasteiger charge is 2.11. The molecule has 1 aromatic heterocycles. The fraction of sp³-hybridized carbons (Fsp3) is 0.611. The highest BCUT2D eigenvalue weighted by molar-refractivity contribution is 5.92. The van der Waals surface area contributed by atoms with Gasteiger partial charge >= 0.3 is 5.97 Å². The quantitative estimate of drug-likeness (QED) is 0.365. The van der Waals surface area contributed by atoms with Crippen molar-refractivity contribution in [2.45, 2.75) is 64.8 Å². The molecule has 0 spiro atoms. The number of ether oxygens (including phenoxy) is 1. The van der Waals surface area contributed by atoms with Crippen LogP contribution in [0.4, 0.5) is 0 Å². The number of primary amides is 1. The van der Waals surface area contributed by atoms with Gasteiger partial charge in [-0.1, -0.05) is 51.9 Å². The SMILES string of the molecule is CCCCCCCCCCOC(=O)C[n+]1ccc(C(N)=O)cc1. The lowest BCUT2D eigenvalue weighted by atomic mass is 10.1. The van der Waals surface area contributed by atoms with Crippen molar-refractivity contribution in [2.75, 3.05) is 6.61 Å². The third-order valence-corrected chi connectivity index (χ3v) is 3.75. The van der Waals surface area contributed by atoms with E-state index < -0.39 is 5.91 Å². The van der Waals surface area contributed by atoms with Crippen LogP contribution in [-0.2, 0) is 16.1 Å². The van der Waals surface area contributed by atoms with Crippen molar-refractivity contribution >= 4 is 11.9 Å². The summed E-state index contributed by atoms with van der Waals surface area (Å²) >= 11 is 0. The Morgan fingerprint density at radius 3 is 2.13 bits per heavy atom. The maximum atomic E-state index is 11.7. The standard InChI is InChI=1S/C18H28N2O3/c1-2-3-4-5-6-7-8-9-14-23-17(21)15-20-12-10-16(11-13-20)18(19)22/h10-13H,2-9,14-15H2,1H3,(H-,19,22)/p+1. The van der Waals surface area contributed by atoms with E-state index in [-0.39, 0.29) is 12.5 Å². The Morgan fingerprint density at radius 2 is 1.57 bits per heavy atom. The van der Waals surface area contributed by atoms with Gasteiger partial charge in [-0.05, 0) is 6.42 Å². The summed E-state index contributed by atoms with van der Waals surface area (Å²) < 4.78 is 6.89. The van der Waals surface area contributed by atoms with Crippen molar-refractivity contribution in [1.29, 1.82) is 0 Å². The van der Waals surface area contributed by atoms with Gasteiger partial charge in [0.05, 0.1) is 12.2 Å². The fourth-order valence-corrected chi connectivity index (χ4v) is 2.34. The number of carbonyl (C=O) groups excluding carboxylic acids is 2. The van der Waals surface area contributed by atoms with Gasteiger partial charge in [-0.2, -0.15) is 4.57 Å². The first-order valence-corrected chi connectivity index (χ1v) is 8.58. The summed E-state index contributed by atoms with van der Waals surface area (Å²) in [6.07, 6.45) is 13.1. The number of aromatic nitrogens is 1. The molecule has 0 aliphatic rings. The van der Waals surface area contributed by atoms with Gasteiger partial charge in [0.2, 0.25) is 12.5 Å². The maximum Gasteiger partial charge on any atom is 0.372 e. The van der Waals surface area contributed by atoms with Crippen molar-refractivity contribution < 1.29 is 18.9 Å². The second kappa shape index (κ2) is 11.6. The first-order valence-electron chi connectivity index (χ1n) is 8.58. The van der Waals surface area contributed by atoms with Crippen molar-refractivity contribution in [3.63, 3.8) is 0 Å². The number of hydrogen-bond acceptors (Lipinski definition) is 3. The molecule has 0 atom stereocenters. The first-order chi connectivity index (χ1) is 11.1. The molecular weight excluding hydrogens is 292 g/mol. The average Bonchev–Trinajstić information content (AvgIpc) is 2.54. The van der Waals surface area contributed by atoms with E-state index in [9.17, 15) is 9.59 Å². The summed E-state index contributed by atoms with van der Waals surface area (Å²) in [5.74, 6) is -0.737. The van der Waals surface area contributed by atoms with E-state index >= 15 is 0 Å². The van der Waals surface area contributed by atoms with Crippen LogP contribution in [0.3, 0.4) is 0 Å². The summed E-state index contributed by atoms with van der Waals surface area (Å²) in [6, 6.07) is 3.18. The minimum absolute atomic E-state index is 0.149. The summed E-state index contributed by atoms with van der Waals surface area (Å²) in [6.45, 7) is 2.85. The Labute approximate surface area is 138 Å². The smallest absolute Gasteiger partial charge is 0.372 e. The van der Waals surface area contributed by atoms with Gasteiger partial charge in [-0.3, -0.25) is 4.79 Å². The number of nitrogens with two attached hydrogens (primary N) is 1. The van der Waals surface area contributed by atoms with E-state index in [2.05, 4.69) is 6.92 Å². The second-order valence-corrected chi connectivity index (χ2v) is 5.82. The van der Waals surface area contributed by atoms with Gasteiger partial charge in [-0.15, -0.1) is 0 Å². The minimum atomic E-state index is -0.477. The molecule has 1 aromatic rings. The molecule has 0 unspecified atom stereocenters. The number of carbonyl (C=O) groups is 2. The Bertz CT molecular complexity index is 472. The minimum Gasteiger partial charge on any atom is -0.461 e. The lowest BCUT2D eigenvalue weighted by Gasteiger charge is -2.03. The number of unbranched alkanes of at least 4 members (excludes halogenated alkanes) is 7. The normalized spacial score (nSPS) is 10.5. The highest BCUT2D eigenvalue weighted by Crippen LogP contribution is 2.08. The lowest BCUT2D eigenvalue weighted by Crippen LogP contribution is -2.38. The maximum absolute atomic E-state index is 11.7. The molecule has 0 aliphatic carbocycles. The fourth-order valence-electron chi connectivity index (χ4n) is 2.34. The molecule has 2 N–H and O–H groups in total. The van der Waals surface area contributed by atoms with E-state index in [1.165, 1.54) is 38.5 Å². The summed E-state index contributed by atoms with van der Waals surface area (Å²) in [5, 5.41) is 0. The number of nitrogens with zero attached hydrogens (tertiary/aromatic N) is 1. The van der Waals surface area contributed by atoms with Crippen molar-refractivity contribution in [1.82, 2.24) is 0 Å². The van der Waals surface area contributed by atoms with E-state index in [0.717, 1.165) is 12.8 Å². The molecule has 5 nitrogen and oxygen atoms in total.